The number of aromatic nitrogens is 2. The van der Waals surface area contributed by atoms with Crippen LogP contribution in [0.3, 0.4) is 0 Å². The molecule has 3 aromatic carbocycles. The zero-order valence-corrected chi connectivity index (χ0v) is 21.2. The van der Waals surface area contributed by atoms with Crippen LogP contribution < -0.4 is 20.9 Å². The first-order valence-electron chi connectivity index (χ1n) is 12.3. The Morgan fingerprint density at radius 3 is 2.55 bits per heavy atom. The molecule has 0 saturated heterocycles. The van der Waals surface area contributed by atoms with E-state index in [9.17, 15) is 14.0 Å². The molecule has 5 rings (SSSR count). The number of amides is 2. The van der Waals surface area contributed by atoms with E-state index >= 15 is 0 Å². The summed E-state index contributed by atoms with van der Waals surface area (Å²) in [5.74, 6) is 0.808. The van der Waals surface area contributed by atoms with E-state index in [-0.39, 0.29) is 12.1 Å². The minimum atomic E-state index is -0.397. The third-order valence-electron chi connectivity index (χ3n) is 6.56. The number of carbonyl (C=O) groups is 1. The highest BCUT2D eigenvalue weighted by atomic mass is 19.1. The number of fused-ring (bicyclic) bond motifs is 1. The Hall–Kier alpha value is -4.66. The van der Waals surface area contributed by atoms with E-state index in [0.29, 0.717) is 53.7 Å². The lowest BCUT2D eigenvalue weighted by atomic mass is 10.1. The van der Waals surface area contributed by atoms with Gasteiger partial charge >= 0.3 is 6.03 Å². The third kappa shape index (κ3) is 5.22. The Balaban J connectivity index is 1.42. The Morgan fingerprint density at radius 2 is 1.84 bits per heavy atom. The van der Waals surface area contributed by atoms with Crippen LogP contribution in [0.2, 0.25) is 0 Å². The lowest BCUT2D eigenvalue weighted by Gasteiger charge is -2.29. The number of hydrogen-bond acceptors (Lipinski definition) is 5. The van der Waals surface area contributed by atoms with Gasteiger partial charge in [-0.1, -0.05) is 36.4 Å². The number of benzene rings is 3. The Morgan fingerprint density at radius 1 is 1.08 bits per heavy atom. The van der Waals surface area contributed by atoms with Crippen molar-refractivity contribution in [3.05, 3.63) is 111 Å². The number of rotatable bonds is 6. The molecule has 194 valence electrons. The van der Waals surface area contributed by atoms with E-state index in [1.165, 1.54) is 6.07 Å². The Bertz CT molecular complexity index is 1520. The summed E-state index contributed by atoms with van der Waals surface area (Å²) < 4.78 is 20.7. The maximum Gasteiger partial charge on any atom is 0.322 e. The molecule has 2 heterocycles. The zero-order valence-electron chi connectivity index (χ0n) is 21.2. The predicted molar refractivity (Wildman–Crippen MR) is 144 cm³/mol. The van der Waals surface area contributed by atoms with Crippen molar-refractivity contribution in [1.29, 1.82) is 0 Å². The molecule has 38 heavy (non-hydrogen) atoms. The van der Waals surface area contributed by atoms with E-state index in [4.69, 9.17) is 9.72 Å². The average Bonchev–Trinajstić information content (AvgIpc) is 2.94. The number of ether oxygens (including phenoxy) is 1. The van der Waals surface area contributed by atoms with Crippen LogP contribution in [0, 0.1) is 12.7 Å². The van der Waals surface area contributed by atoms with E-state index in [2.05, 4.69) is 10.6 Å². The number of aryl methyl sites for hydroxylation is 1. The second kappa shape index (κ2) is 10.8. The molecule has 0 spiro atoms. The van der Waals surface area contributed by atoms with Crippen molar-refractivity contribution in [3.63, 3.8) is 0 Å². The lowest BCUT2D eigenvalue weighted by molar-refractivity contribution is 0.205. The van der Waals surface area contributed by atoms with Crippen molar-refractivity contribution in [1.82, 2.24) is 14.5 Å². The van der Waals surface area contributed by atoms with Crippen LogP contribution in [0.5, 0.6) is 5.75 Å². The first-order chi connectivity index (χ1) is 18.4. The molecule has 0 bridgehead atoms. The molecule has 0 fully saturated rings. The second-order valence-corrected chi connectivity index (χ2v) is 9.10. The van der Waals surface area contributed by atoms with Crippen molar-refractivity contribution in [3.8, 4) is 11.4 Å². The molecule has 1 aliphatic rings. The van der Waals surface area contributed by atoms with Crippen LogP contribution >= 0.6 is 0 Å². The topological polar surface area (TPSA) is 88.5 Å². The van der Waals surface area contributed by atoms with E-state index in [1.54, 1.807) is 35.6 Å². The Kier molecular flexibility index (Phi) is 7.08. The third-order valence-corrected chi connectivity index (χ3v) is 6.56. The molecule has 2 N–H and O–H groups in total. The van der Waals surface area contributed by atoms with Crippen molar-refractivity contribution >= 4 is 17.7 Å². The monoisotopic (exact) mass is 513 g/mol. The number of anilines is 2. The number of para-hydroxylation sites is 1. The highest BCUT2D eigenvalue weighted by Crippen LogP contribution is 2.22. The normalized spacial score (nSPS) is 12.6. The van der Waals surface area contributed by atoms with E-state index in [0.717, 1.165) is 11.3 Å². The molecule has 1 aliphatic heterocycles. The van der Waals surface area contributed by atoms with Gasteiger partial charge in [0.15, 0.2) is 0 Å². The summed E-state index contributed by atoms with van der Waals surface area (Å²) in [7, 11) is 1.62. The van der Waals surface area contributed by atoms with Crippen LogP contribution in [-0.4, -0.2) is 34.1 Å². The van der Waals surface area contributed by atoms with Crippen LogP contribution in [0.15, 0.2) is 77.6 Å². The van der Waals surface area contributed by atoms with Gasteiger partial charge in [-0.2, -0.15) is 0 Å². The summed E-state index contributed by atoms with van der Waals surface area (Å²) in [5.41, 5.74) is 3.41. The summed E-state index contributed by atoms with van der Waals surface area (Å²) >= 11 is 0. The maximum atomic E-state index is 13.9. The van der Waals surface area contributed by atoms with E-state index in [1.807, 2.05) is 54.6 Å². The van der Waals surface area contributed by atoms with Gasteiger partial charge in [0.2, 0.25) is 5.95 Å². The fourth-order valence-corrected chi connectivity index (χ4v) is 4.38. The van der Waals surface area contributed by atoms with Gasteiger partial charge in [-0.05, 0) is 54.4 Å². The smallest absolute Gasteiger partial charge is 0.322 e. The fourth-order valence-electron chi connectivity index (χ4n) is 4.38. The van der Waals surface area contributed by atoms with Crippen LogP contribution in [0.4, 0.5) is 20.8 Å². The predicted octanol–water partition coefficient (Wildman–Crippen LogP) is 4.89. The molecule has 0 atom stereocenters. The molecular weight excluding hydrogens is 485 g/mol. The number of nitrogens with zero attached hydrogens (tertiary/aromatic N) is 3. The van der Waals surface area contributed by atoms with Gasteiger partial charge in [0.25, 0.3) is 5.56 Å². The van der Waals surface area contributed by atoms with Crippen molar-refractivity contribution in [2.45, 2.75) is 26.4 Å². The van der Waals surface area contributed by atoms with Crippen molar-refractivity contribution in [2.75, 3.05) is 24.3 Å². The lowest BCUT2D eigenvalue weighted by Crippen LogP contribution is -2.43. The van der Waals surface area contributed by atoms with Crippen molar-refractivity contribution in [2.24, 2.45) is 0 Å². The SMILES string of the molecule is COc1ccc(CNc2nc3c(c(=O)n2-c2ccccc2)CN(C(=O)Nc2ccc(C)c(F)c2)CC3)cc1. The zero-order chi connectivity index (χ0) is 26.6. The molecule has 2 amide bonds. The minimum Gasteiger partial charge on any atom is -0.497 e. The van der Waals surface area contributed by atoms with E-state index < -0.39 is 11.8 Å². The molecule has 9 heteroatoms. The summed E-state index contributed by atoms with van der Waals surface area (Å²) in [4.78, 5) is 33.1. The number of halogens is 1. The molecule has 8 nitrogen and oxygen atoms in total. The summed E-state index contributed by atoms with van der Waals surface area (Å²) in [5, 5.41) is 6.05. The van der Waals surface area contributed by atoms with Crippen LogP contribution in [0.1, 0.15) is 22.4 Å². The first-order valence-corrected chi connectivity index (χ1v) is 12.3. The van der Waals surface area contributed by atoms with Gasteiger partial charge in [-0.3, -0.25) is 4.79 Å². The summed E-state index contributed by atoms with van der Waals surface area (Å²) in [6, 6.07) is 21.1. The first kappa shape index (κ1) is 25.0. The van der Waals surface area contributed by atoms with Gasteiger partial charge in [-0.15, -0.1) is 0 Å². The molecule has 4 aromatic rings. The van der Waals surface area contributed by atoms with Gasteiger partial charge in [-0.25, -0.2) is 18.7 Å². The molecule has 1 aromatic heterocycles. The van der Waals surface area contributed by atoms with Gasteiger partial charge in [0.05, 0.1) is 30.6 Å². The van der Waals surface area contributed by atoms with Gasteiger partial charge < -0.3 is 20.3 Å². The average molecular weight is 514 g/mol. The quantitative estimate of drug-likeness (QED) is 0.383. The van der Waals surface area contributed by atoms with Crippen molar-refractivity contribution < 1.29 is 13.9 Å². The number of methoxy groups -OCH3 is 1. The molecular formula is C29H28FN5O3. The van der Waals surface area contributed by atoms with Crippen LogP contribution in [-0.2, 0) is 19.5 Å². The highest BCUT2D eigenvalue weighted by molar-refractivity contribution is 5.89. The number of hydrogen-bond donors (Lipinski definition) is 2. The largest absolute Gasteiger partial charge is 0.497 e. The Labute approximate surface area is 219 Å². The second-order valence-electron chi connectivity index (χ2n) is 9.10. The fraction of sp³-hybridized carbons (Fsp3) is 0.207. The van der Waals surface area contributed by atoms with Gasteiger partial charge in [0.1, 0.15) is 11.6 Å². The number of nitrogens with one attached hydrogen (secondary N) is 2. The molecule has 0 saturated carbocycles. The summed E-state index contributed by atoms with van der Waals surface area (Å²) in [6.07, 6.45) is 0.424. The van der Waals surface area contributed by atoms with Crippen LogP contribution in [0.25, 0.3) is 5.69 Å². The number of carbonyl (C=O) groups excluding carboxylic acids is 1. The maximum absolute atomic E-state index is 13.9. The number of urea groups is 1. The minimum absolute atomic E-state index is 0.104. The van der Waals surface area contributed by atoms with Gasteiger partial charge in [0, 0.05) is 25.2 Å². The summed E-state index contributed by atoms with van der Waals surface area (Å²) in [6.45, 7) is 2.61. The highest BCUT2D eigenvalue weighted by Gasteiger charge is 2.27. The molecule has 0 aliphatic carbocycles. The molecule has 0 radical (unpaired) electrons. The standard InChI is InChI=1S/C29H28FN5O3/c1-19-8-11-21(16-25(19)30)32-29(37)34-15-14-26-24(18-34)27(36)35(22-6-4-3-5-7-22)28(33-26)31-17-20-9-12-23(38-2)13-10-20/h3-13,16H,14-15,17-18H2,1-2H3,(H,31,33)(H,32,37). The molecule has 0 unspecified atom stereocenters.